The number of carbonyl (C=O) groups excluding carboxylic acids is 1. The first-order chi connectivity index (χ1) is 13.7. The summed E-state index contributed by atoms with van der Waals surface area (Å²) in [5.74, 6) is -0.877. The highest BCUT2D eigenvalue weighted by Gasteiger charge is 2.32. The second kappa shape index (κ2) is 7.84. The number of aryl methyl sites for hydroxylation is 2. The fraction of sp³-hybridized carbons (Fsp3) is 0.0952. The standard InChI is InChI=1S/C21H18N2O5S/c1-15-6-10-18(11-7-15)22(29(27,28)20-12-8-16(2)9-13-20)21(24)17-4-3-5-19(14-17)23(25)26/h3-14H,1-2H3. The summed E-state index contributed by atoms with van der Waals surface area (Å²) in [6.45, 7) is 3.66. The third-order valence-electron chi connectivity index (χ3n) is 4.32. The maximum absolute atomic E-state index is 13.3. The van der Waals surface area contributed by atoms with E-state index in [1.54, 1.807) is 24.3 Å². The number of anilines is 1. The maximum Gasteiger partial charge on any atom is 0.272 e. The molecular weight excluding hydrogens is 392 g/mol. The van der Waals surface area contributed by atoms with E-state index < -0.39 is 20.9 Å². The largest absolute Gasteiger partial charge is 0.272 e. The Morgan fingerprint density at radius 3 is 2.00 bits per heavy atom. The van der Waals surface area contributed by atoms with E-state index in [1.807, 2.05) is 13.8 Å². The summed E-state index contributed by atoms with van der Waals surface area (Å²) in [4.78, 5) is 23.6. The fourth-order valence-electron chi connectivity index (χ4n) is 2.73. The summed E-state index contributed by atoms with van der Waals surface area (Å²) in [7, 11) is -4.25. The highest BCUT2D eigenvalue weighted by molar-refractivity contribution is 7.93. The van der Waals surface area contributed by atoms with Gasteiger partial charge in [0.25, 0.3) is 21.6 Å². The molecule has 8 heteroatoms. The topological polar surface area (TPSA) is 97.6 Å². The first-order valence-corrected chi connectivity index (χ1v) is 10.1. The minimum absolute atomic E-state index is 0.0533. The highest BCUT2D eigenvalue weighted by atomic mass is 32.2. The molecule has 0 aliphatic heterocycles. The molecule has 0 aromatic heterocycles. The summed E-state index contributed by atoms with van der Waals surface area (Å²) in [6, 6.07) is 17.5. The number of carbonyl (C=O) groups is 1. The van der Waals surface area contributed by atoms with Crippen molar-refractivity contribution in [1.29, 1.82) is 0 Å². The van der Waals surface area contributed by atoms with Crippen molar-refractivity contribution in [2.24, 2.45) is 0 Å². The SMILES string of the molecule is Cc1ccc(N(C(=O)c2cccc([N+](=O)[O-])c2)S(=O)(=O)c2ccc(C)cc2)cc1. The van der Waals surface area contributed by atoms with Gasteiger partial charge in [0.2, 0.25) is 0 Å². The first kappa shape index (κ1) is 20.2. The number of nitro groups is 1. The Hall–Kier alpha value is -3.52. The molecule has 0 saturated heterocycles. The molecule has 0 fully saturated rings. The van der Waals surface area contributed by atoms with Gasteiger partial charge in [0.05, 0.1) is 15.5 Å². The van der Waals surface area contributed by atoms with Gasteiger partial charge in [-0.3, -0.25) is 14.9 Å². The van der Waals surface area contributed by atoms with Crippen molar-refractivity contribution in [3.63, 3.8) is 0 Å². The molecule has 3 aromatic carbocycles. The van der Waals surface area contributed by atoms with Gasteiger partial charge in [-0.2, -0.15) is 4.31 Å². The molecule has 0 bridgehead atoms. The van der Waals surface area contributed by atoms with Crippen LogP contribution in [0.15, 0.2) is 77.7 Å². The highest BCUT2D eigenvalue weighted by Crippen LogP contribution is 2.27. The molecule has 0 saturated carbocycles. The minimum atomic E-state index is -4.25. The number of hydrogen-bond acceptors (Lipinski definition) is 5. The Labute approximate surface area is 168 Å². The summed E-state index contributed by atoms with van der Waals surface area (Å²) in [6.07, 6.45) is 0. The van der Waals surface area contributed by atoms with E-state index in [1.165, 1.54) is 42.5 Å². The molecule has 0 aliphatic rings. The van der Waals surface area contributed by atoms with Crippen molar-refractivity contribution in [1.82, 2.24) is 0 Å². The van der Waals surface area contributed by atoms with E-state index in [2.05, 4.69) is 0 Å². The van der Waals surface area contributed by atoms with Crippen LogP contribution in [0, 0.1) is 24.0 Å². The smallest absolute Gasteiger partial charge is 0.268 e. The van der Waals surface area contributed by atoms with Crippen molar-refractivity contribution in [2.45, 2.75) is 18.7 Å². The van der Waals surface area contributed by atoms with Crippen LogP contribution in [0.5, 0.6) is 0 Å². The molecular formula is C21H18N2O5S. The van der Waals surface area contributed by atoms with Gasteiger partial charge in [-0.15, -0.1) is 0 Å². The number of amides is 1. The molecule has 0 spiro atoms. The lowest BCUT2D eigenvalue weighted by Crippen LogP contribution is -2.37. The van der Waals surface area contributed by atoms with Crippen molar-refractivity contribution < 1.29 is 18.1 Å². The summed E-state index contributed by atoms with van der Waals surface area (Å²) < 4.78 is 27.3. The monoisotopic (exact) mass is 410 g/mol. The van der Waals surface area contributed by atoms with E-state index in [0.717, 1.165) is 17.2 Å². The Morgan fingerprint density at radius 2 is 1.45 bits per heavy atom. The molecule has 1 amide bonds. The summed E-state index contributed by atoms with van der Waals surface area (Å²) >= 11 is 0. The van der Waals surface area contributed by atoms with E-state index in [-0.39, 0.29) is 21.8 Å². The van der Waals surface area contributed by atoms with Crippen molar-refractivity contribution >= 4 is 27.3 Å². The predicted octanol–water partition coefficient (Wildman–Crippen LogP) is 4.25. The van der Waals surface area contributed by atoms with Crippen LogP contribution in [0.2, 0.25) is 0 Å². The van der Waals surface area contributed by atoms with E-state index in [4.69, 9.17) is 0 Å². The van der Waals surface area contributed by atoms with Gasteiger partial charge < -0.3 is 0 Å². The lowest BCUT2D eigenvalue weighted by atomic mass is 10.1. The van der Waals surface area contributed by atoms with Gasteiger partial charge in [-0.05, 0) is 44.2 Å². The van der Waals surface area contributed by atoms with Crippen molar-refractivity contribution in [3.8, 4) is 0 Å². The molecule has 0 aliphatic carbocycles. The molecule has 3 aromatic rings. The lowest BCUT2D eigenvalue weighted by Gasteiger charge is -2.23. The van der Waals surface area contributed by atoms with Gasteiger partial charge in [0.1, 0.15) is 0 Å². The zero-order valence-electron chi connectivity index (χ0n) is 15.8. The van der Waals surface area contributed by atoms with Gasteiger partial charge >= 0.3 is 0 Å². The molecule has 0 heterocycles. The normalized spacial score (nSPS) is 11.1. The van der Waals surface area contributed by atoms with Crippen LogP contribution in [0.4, 0.5) is 11.4 Å². The molecule has 0 N–H and O–H groups in total. The molecule has 0 atom stereocenters. The molecule has 7 nitrogen and oxygen atoms in total. The summed E-state index contributed by atoms with van der Waals surface area (Å²) in [5.41, 5.74) is 1.51. The quantitative estimate of drug-likeness (QED) is 0.463. The van der Waals surface area contributed by atoms with Gasteiger partial charge in [-0.1, -0.05) is 41.5 Å². The average Bonchev–Trinajstić information content (AvgIpc) is 2.70. The van der Waals surface area contributed by atoms with Gasteiger partial charge in [-0.25, -0.2) is 8.42 Å². The second-order valence-corrected chi connectivity index (χ2v) is 8.32. The number of non-ortho nitro benzene ring substituents is 1. The zero-order valence-corrected chi connectivity index (χ0v) is 16.6. The Balaban J connectivity index is 2.17. The van der Waals surface area contributed by atoms with E-state index in [9.17, 15) is 23.3 Å². The minimum Gasteiger partial charge on any atom is -0.268 e. The molecule has 0 radical (unpaired) electrons. The van der Waals surface area contributed by atoms with Crippen molar-refractivity contribution in [2.75, 3.05) is 4.31 Å². The van der Waals surface area contributed by atoms with Crippen LogP contribution in [0.3, 0.4) is 0 Å². The van der Waals surface area contributed by atoms with Crippen LogP contribution in [0.1, 0.15) is 21.5 Å². The third kappa shape index (κ3) is 4.17. The molecule has 3 rings (SSSR count). The van der Waals surface area contributed by atoms with Gasteiger partial charge in [0.15, 0.2) is 0 Å². The zero-order chi connectivity index (χ0) is 21.2. The fourth-order valence-corrected chi connectivity index (χ4v) is 4.14. The number of nitro benzene ring substituents is 1. The van der Waals surface area contributed by atoms with E-state index in [0.29, 0.717) is 4.31 Å². The molecule has 0 unspecified atom stereocenters. The van der Waals surface area contributed by atoms with Crippen LogP contribution in [-0.4, -0.2) is 19.2 Å². The third-order valence-corrected chi connectivity index (χ3v) is 6.04. The first-order valence-electron chi connectivity index (χ1n) is 8.67. The number of hydrogen-bond donors (Lipinski definition) is 0. The molecule has 29 heavy (non-hydrogen) atoms. The van der Waals surface area contributed by atoms with Crippen LogP contribution >= 0.6 is 0 Å². The lowest BCUT2D eigenvalue weighted by molar-refractivity contribution is -0.384. The van der Waals surface area contributed by atoms with Crippen LogP contribution in [-0.2, 0) is 10.0 Å². The second-order valence-electron chi connectivity index (χ2n) is 6.53. The Kier molecular flexibility index (Phi) is 5.47. The van der Waals surface area contributed by atoms with Crippen LogP contribution in [0.25, 0.3) is 0 Å². The molecule has 148 valence electrons. The Morgan fingerprint density at radius 1 is 0.897 bits per heavy atom. The average molecular weight is 410 g/mol. The van der Waals surface area contributed by atoms with Gasteiger partial charge in [0, 0.05) is 17.7 Å². The van der Waals surface area contributed by atoms with E-state index >= 15 is 0 Å². The predicted molar refractivity (Wildman–Crippen MR) is 109 cm³/mol. The Bertz CT molecular complexity index is 1170. The van der Waals surface area contributed by atoms with Crippen molar-refractivity contribution in [3.05, 3.63) is 99.6 Å². The van der Waals surface area contributed by atoms with Crippen LogP contribution < -0.4 is 4.31 Å². The number of nitrogens with zero attached hydrogens (tertiary/aromatic N) is 2. The number of rotatable bonds is 5. The number of benzene rings is 3. The number of sulfonamides is 1. The maximum atomic E-state index is 13.3. The summed E-state index contributed by atoms with van der Waals surface area (Å²) in [5, 5.41) is 11.1.